The number of carbonyl (C=O) groups excluding carboxylic acids is 1. The molecule has 1 aliphatic rings. The summed E-state index contributed by atoms with van der Waals surface area (Å²) >= 11 is 0. The third-order valence-corrected chi connectivity index (χ3v) is 7.38. The molecule has 0 amide bonds. The fourth-order valence-electron chi connectivity index (χ4n) is 3.70. The number of rotatable bonds is 6. The summed E-state index contributed by atoms with van der Waals surface area (Å²) < 4.78 is 31.7. The molecule has 2 aromatic rings. The Labute approximate surface area is 154 Å². The summed E-state index contributed by atoms with van der Waals surface area (Å²) in [5.41, 5.74) is 6.56. The van der Waals surface area contributed by atoms with Gasteiger partial charge in [0.1, 0.15) is 5.41 Å². The van der Waals surface area contributed by atoms with Crippen molar-refractivity contribution in [2.45, 2.75) is 29.9 Å². The Hall–Kier alpha value is -2.18. The van der Waals surface area contributed by atoms with Gasteiger partial charge in [-0.1, -0.05) is 48.0 Å². The molecule has 0 bridgehead atoms. The zero-order valence-corrected chi connectivity index (χ0v) is 15.7. The van der Waals surface area contributed by atoms with Gasteiger partial charge in [0.2, 0.25) is 0 Å². The molecule has 0 unspecified atom stereocenters. The molecule has 2 aromatic carbocycles. The molecule has 5 nitrogen and oxygen atoms in total. The highest BCUT2D eigenvalue weighted by atomic mass is 32.2. The lowest BCUT2D eigenvalue weighted by molar-refractivity contribution is -0.149. The van der Waals surface area contributed by atoms with E-state index in [1.807, 2.05) is 31.2 Å². The highest BCUT2D eigenvalue weighted by Gasteiger charge is 2.75. The molecular weight excluding hydrogens is 350 g/mol. The molecule has 2 N–H and O–H groups in total. The van der Waals surface area contributed by atoms with Crippen molar-refractivity contribution in [2.75, 3.05) is 13.2 Å². The Balaban J connectivity index is 2.11. The molecule has 6 heteroatoms. The van der Waals surface area contributed by atoms with Crippen LogP contribution in [0.4, 0.5) is 0 Å². The van der Waals surface area contributed by atoms with Gasteiger partial charge in [-0.05, 0) is 31.5 Å². The molecule has 0 radical (unpaired) electrons. The fraction of sp³-hybridized carbons (Fsp3) is 0.350. The zero-order chi connectivity index (χ0) is 18.9. The van der Waals surface area contributed by atoms with E-state index in [0.29, 0.717) is 0 Å². The van der Waals surface area contributed by atoms with E-state index >= 15 is 0 Å². The molecule has 1 saturated carbocycles. The van der Waals surface area contributed by atoms with Gasteiger partial charge in [-0.2, -0.15) is 0 Å². The maximum Gasteiger partial charge on any atom is 0.315 e. The van der Waals surface area contributed by atoms with E-state index in [4.69, 9.17) is 10.5 Å². The number of carbonyl (C=O) groups is 1. The summed E-state index contributed by atoms with van der Waals surface area (Å²) in [6.07, 6.45) is 0. The third-order valence-electron chi connectivity index (χ3n) is 5.09. The first kappa shape index (κ1) is 18.6. The van der Waals surface area contributed by atoms with Gasteiger partial charge in [0.05, 0.1) is 16.8 Å². The van der Waals surface area contributed by atoms with Crippen LogP contribution < -0.4 is 5.73 Å². The van der Waals surface area contributed by atoms with Gasteiger partial charge in [-0.15, -0.1) is 0 Å². The second kappa shape index (κ2) is 6.85. The van der Waals surface area contributed by atoms with Crippen LogP contribution in [-0.4, -0.2) is 32.8 Å². The molecule has 0 spiro atoms. The molecule has 0 heterocycles. The van der Waals surface area contributed by atoms with Crippen LogP contribution in [0.25, 0.3) is 0 Å². The van der Waals surface area contributed by atoms with Crippen molar-refractivity contribution >= 4 is 15.8 Å². The lowest BCUT2D eigenvalue weighted by atomic mass is 9.98. The monoisotopic (exact) mass is 373 g/mol. The number of hydrogen-bond donors (Lipinski definition) is 1. The van der Waals surface area contributed by atoms with Crippen LogP contribution in [0.15, 0.2) is 59.5 Å². The summed E-state index contributed by atoms with van der Waals surface area (Å²) in [4.78, 5) is 12.9. The number of benzene rings is 2. The predicted octanol–water partition coefficient (Wildman–Crippen LogP) is 2.44. The Morgan fingerprint density at radius 3 is 2.27 bits per heavy atom. The average Bonchev–Trinajstić information content (AvgIpc) is 3.35. The van der Waals surface area contributed by atoms with Crippen LogP contribution in [0.1, 0.15) is 24.0 Å². The molecular formula is C20H23NO4S. The minimum absolute atomic E-state index is 0.0822. The van der Waals surface area contributed by atoms with Crippen LogP contribution in [0.2, 0.25) is 0 Å². The summed E-state index contributed by atoms with van der Waals surface area (Å²) in [5.74, 6) is -1.06. The summed E-state index contributed by atoms with van der Waals surface area (Å²) in [7, 11) is -3.74. The molecule has 1 aliphatic carbocycles. The molecule has 0 aliphatic heterocycles. The smallest absolute Gasteiger partial charge is 0.315 e. The van der Waals surface area contributed by atoms with E-state index in [1.165, 1.54) is 0 Å². The Kier molecular flexibility index (Phi) is 4.90. The van der Waals surface area contributed by atoms with Gasteiger partial charge in [0.15, 0.2) is 9.84 Å². The van der Waals surface area contributed by atoms with Crippen molar-refractivity contribution in [3.63, 3.8) is 0 Å². The first-order chi connectivity index (χ1) is 12.4. The SMILES string of the molecule is CCOC(=O)[C@@]1(CN)[C@H](c2ccc(C)cc2)[C@@H]1S(=O)(=O)c1ccccc1. The first-order valence-electron chi connectivity index (χ1n) is 8.62. The van der Waals surface area contributed by atoms with Crippen molar-refractivity contribution in [1.82, 2.24) is 0 Å². The Morgan fingerprint density at radius 2 is 1.73 bits per heavy atom. The van der Waals surface area contributed by atoms with Crippen molar-refractivity contribution in [3.8, 4) is 0 Å². The zero-order valence-electron chi connectivity index (χ0n) is 14.9. The van der Waals surface area contributed by atoms with E-state index in [2.05, 4.69) is 0 Å². The average molecular weight is 373 g/mol. The van der Waals surface area contributed by atoms with Crippen LogP contribution in [0.3, 0.4) is 0 Å². The lowest BCUT2D eigenvalue weighted by Crippen LogP contribution is -2.33. The Morgan fingerprint density at radius 1 is 1.12 bits per heavy atom. The molecule has 138 valence electrons. The van der Waals surface area contributed by atoms with Crippen molar-refractivity contribution in [2.24, 2.45) is 11.1 Å². The van der Waals surface area contributed by atoms with Gasteiger partial charge in [-0.25, -0.2) is 8.42 Å². The topological polar surface area (TPSA) is 86.5 Å². The van der Waals surface area contributed by atoms with Crippen LogP contribution in [0, 0.1) is 12.3 Å². The number of aryl methyl sites for hydroxylation is 1. The second-order valence-corrected chi connectivity index (χ2v) is 8.70. The molecule has 0 saturated heterocycles. The van der Waals surface area contributed by atoms with Crippen molar-refractivity contribution in [1.29, 1.82) is 0 Å². The van der Waals surface area contributed by atoms with Crippen molar-refractivity contribution in [3.05, 3.63) is 65.7 Å². The van der Waals surface area contributed by atoms with Crippen LogP contribution in [-0.2, 0) is 19.4 Å². The van der Waals surface area contributed by atoms with Crippen molar-refractivity contribution < 1.29 is 17.9 Å². The first-order valence-corrected chi connectivity index (χ1v) is 10.2. The van der Waals surface area contributed by atoms with Crippen LogP contribution >= 0.6 is 0 Å². The molecule has 3 rings (SSSR count). The summed E-state index contributed by atoms with van der Waals surface area (Å²) in [5, 5.41) is -0.927. The minimum atomic E-state index is -3.74. The van der Waals surface area contributed by atoms with Crippen LogP contribution in [0.5, 0.6) is 0 Å². The van der Waals surface area contributed by atoms with E-state index in [-0.39, 0.29) is 18.0 Å². The number of nitrogens with two attached hydrogens (primary N) is 1. The molecule has 3 atom stereocenters. The summed E-state index contributed by atoms with van der Waals surface area (Å²) in [6, 6.07) is 15.7. The van der Waals surface area contributed by atoms with E-state index in [9.17, 15) is 13.2 Å². The second-order valence-electron chi connectivity index (χ2n) is 6.63. The maximum atomic E-state index is 13.3. The van der Waals surface area contributed by atoms with Gasteiger partial charge in [0, 0.05) is 12.5 Å². The van der Waals surface area contributed by atoms with Gasteiger partial charge >= 0.3 is 5.97 Å². The summed E-state index contributed by atoms with van der Waals surface area (Å²) in [6.45, 7) is 3.75. The highest BCUT2D eigenvalue weighted by molar-refractivity contribution is 7.92. The van der Waals surface area contributed by atoms with E-state index in [1.54, 1.807) is 37.3 Å². The molecule has 26 heavy (non-hydrogen) atoms. The van der Waals surface area contributed by atoms with Gasteiger partial charge in [0.25, 0.3) is 0 Å². The number of esters is 1. The maximum absolute atomic E-state index is 13.3. The molecule has 1 fully saturated rings. The van der Waals surface area contributed by atoms with E-state index < -0.39 is 32.4 Å². The van der Waals surface area contributed by atoms with Gasteiger partial charge < -0.3 is 10.5 Å². The predicted molar refractivity (Wildman–Crippen MR) is 99.5 cm³/mol. The third kappa shape index (κ3) is 2.83. The molecule has 0 aromatic heterocycles. The van der Waals surface area contributed by atoms with Gasteiger partial charge in [-0.3, -0.25) is 4.79 Å². The largest absolute Gasteiger partial charge is 0.465 e. The quantitative estimate of drug-likeness (QED) is 0.786. The normalized spacial score (nSPS) is 24.9. The van der Waals surface area contributed by atoms with E-state index in [0.717, 1.165) is 11.1 Å². The highest BCUT2D eigenvalue weighted by Crippen LogP contribution is 2.64. The standard InChI is InChI=1S/C20H23NO4S/c1-3-25-19(22)20(13-21)17(15-11-9-14(2)10-12-15)18(20)26(23,24)16-7-5-4-6-8-16/h4-12,17-18H,3,13,21H2,1-2H3/t17-,18+,20+/m1/s1. The number of ether oxygens (including phenoxy) is 1. The Bertz CT molecular complexity index is 893. The fourth-order valence-corrected chi connectivity index (χ4v) is 6.10. The number of hydrogen-bond acceptors (Lipinski definition) is 5. The minimum Gasteiger partial charge on any atom is -0.465 e. The number of sulfone groups is 1. The lowest BCUT2D eigenvalue weighted by Gasteiger charge is -2.14.